The molecule has 1 unspecified atom stereocenters. The van der Waals surface area contributed by atoms with E-state index in [1.54, 1.807) is 18.9 Å². The zero-order chi connectivity index (χ0) is 15.1. The van der Waals surface area contributed by atoms with Gasteiger partial charge >= 0.3 is 0 Å². The van der Waals surface area contributed by atoms with E-state index in [0.29, 0.717) is 23.4 Å². The fourth-order valence-corrected chi connectivity index (χ4v) is 3.50. The van der Waals surface area contributed by atoms with Crippen molar-refractivity contribution in [2.45, 2.75) is 56.2 Å². The Morgan fingerprint density at radius 2 is 2.05 bits per heavy atom. The van der Waals surface area contributed by atoms with Crippen molar-refractivity contribution >= 4 is 11.8 Å². The number of nitrogens with zero attached hydrogens (tertiary/aromatic N) is 4. The average Bonchev–Trinajstić information content (AvgIpc) is 3.14. The Hall–Kier alpha value is -0.700. The second-order valence-corrected chi connectivity index (χ2v) is 6.38. The van der Waals surface area contributed by atoms with Crippen LogP contribution in [-0.4, -0.2) is 57.7 Å². The van der Waals surface area contributed by atoms with Crippen molar-refractivity contribution in [3.63, 3.8) is 0 Å². The topological polar surface area (TPSA) is 82.3 Å². The molecule has 1 aromatic rings. The zero-order valence-corrected chi connectivity index (χ0v) is 13.5. The SMILES string of the molecule is COC(Cn1nnnc1SCC(O)CC1CCCC1)OC. The highest BCUT2D eigenvalue weighted by Crippen LogP contribution is 2.29. The fraction of sp³-hybridized carbons (Fsp3) is 0.923. The Labute approximate surface area is 129 Å². The lowest BCUT2D eigenvalue weighted by atomic mass is 10.0. The summed E-state index contributed by atoms with van der Waals surface area (Å²) in [6, 6.07) is 0. The second-order valence-electron chi connectivity index (χ2n) is 5.40. The molecule has 7 nitrogen and oxygen atoms in total. The van der Waals surface area contributed by atoms with E-state index < -0.39 is 0 Å². The van der Waals surface area contributed by atoms with Crippen LogP contribution in [0.1, 0.15) is 32.1 Å². The van der Waals surface area contributed by atoms with E-state index in [1.165, 1.54) is 37.4 Å². The molecule has 0 amide bonds. The van der Waals surface area contributed by atoms with Gasteiger partial charge in [0.15, 0.2) is 6.29 Å². The van der Waals surface area contributed by atoms with Gasteiger partial charge in [-0.25, -0.2) is 4.68 Å². The first-order valence-corrected chi connectivity index (χ1v) is 8.34. The molecule has 1 fully saturated rings. The van der Waals surface area contributed by atoms with Gasteiger partial charge in [-0.1, -0.05) is 37.4 Å². The highest BCUT2D eigenvalue weighted by molar-refractivity contribution is 7.99. The van der Waals surface area contributed by atoms with Crippen LogP contribution in [0.15, 0.2) is 5.16 Å². The van der Waals surface area contributed by atoms with E-state index in [9.17, 15) is 5.11 Å². The number of aromatic nitrogens is 4. The van der Waals surface area contributed by atoms with Crippen LogP contribution in [0, 0.1) is 5.92 Å². The van der Waals surface area contributed by atoms with Gasteiger partial charge in [0.2, 0.25) is 5.16 Å². The lowest BCUT2D eigenvalue weighted by Crippen LogP contribution is -2.22. The molecule has 0 spiro atoms. The van der Waals surface area contributed by atoms with Gasteiger partial charge in [-0.05, 0) is 22.8 Å². The Kier molecular flexibility index (Phi) is 6.88. The van der Waals surface area contributed by atoms with Crippen molar-refractivity contribution in [1.82, 2.24) is 20.2 Å². The first-order chi connectivity index (χ1) is 10.2. The maximum Gasteiger partial charge on any atom is 0.209 e. The lowest BCUT2D eigenvalue weighted by Gasteiger charge is -2.15. The summed E-state index contributed by atoms with van der Waals surface area (Å²) in [6.07, 6.45) is 5.32. The number of tetrazole rings is 1. The van der Waals surface area contributed by atoms with Gasteiger partial charge in [0.1, 0.15) is 0 Å². The molecule has 21 heavy (non-hydrogen) atoms. The molecule has 1 N–H and O–H groups in total. The van der Waals surface area contributed by atoms with Gasteiger partial charge in [-0.15, -0.1) is 5.10 Å². The van der Waals surface area contributed by atoms with Crippen LogP contribution in [0.2, 0.25) is 0 Å². The lowest BCUT2D eigenvalue weighted by molar-refractivity contribution is -0.113. The minimum absolute atomic E-state index is 0.302. The van der Waals surface area contributed by atoms with Crippen LogP contribution >= 0.6 is 11.8 Å². The second kappa shape index (κ2) is 8.67. The smallest absolute Gasteiger partial charge is 0.209 e. The Morgan fingerprint density at radius 3 is 2.71 bits per heavy atom. The quantitative estimate of drug-likeness (QED) is 0.543. The third-order valence-electron chi connectivity index (χ3n) is 3.83. The van der Waals surface area contributed by atoms with Crippen molar-refractivity contribution in [2.75, 3.05) is 20.0 Å². The Morgan fingerprint density at radius 1 is 1.33 bits per heavy atom. The van der Waals surface area contributed by atoms with Gasteiger partial charge < -0.3 is 14.6 Å². The van der Waals surface area contributed by atoms with Crippen molar-refractivity contribution in [3.05, 3.63) is 0 Å². The number of ether oxygens (including phenoxy) is 2. The van der Waals surface area contributed by atoms with Gasteiger partial charge in [0.05, 0.1) is 12.6 Å². The number of thioether (sulfide) groups is 1. The number of hydrogen-bond donors (Lipinski definition) is 1. The molecule has 2 rings (SSSR count). The van der Waals surface area contributed by atoms with Crippen molar-refractivity contribution in [1.29, 1.82) is 0 Å². The van der Waals surface area contributed by atoms with E-state index >= 15 is 0 Å². The van der Waals surface area contributed by atoms with Gasteiger partial charge in [0.25, 0.3) is 0 Å². The van der Waals surface area contributed by atoms with Crippen LogP contribution in [0.3, 0.4) is 0 Å². The normalized spacial score (nSPS) is 17.7. The summed E-state index contributed by atoms with van der Waals surface area (Å²) >= 11 is 1.47. The van der Waals surface area contributed by atoms with E-state index in [-0.39, 0.29) is 12.4 Å². The molecule has 0 bridgehead atoms. The fourth-order valence-electron chi connectivity index (χ4n) is 2.67. The minimum atomic E-state index is -0.378. The van der Waals surface area contributed by atoms with Crippen molar-refractivity contribution < 1.29 is 14.6 Å². The molecule has 1 heterocycles. The van der Waals surface area contributed by atoms with Crippen molar-refractivity contribution in [3.8, 4) is 0 Å². The monoisotopic (exact) mass is 316 g/mol. The number of aliphatic hydroxyl groups excluding tert-OH is 1. The summed E-state index contributed by atoms with van der Waals surface area (Å²) in [5, 5.41) is 22.4. The maximum atomic E-state index is 10.1. The van der Waals surface area contributed by atoms with Gasteiger partial charge in [-0.2, -0.15) is 0 Å². The molecule has 1 saturated carbocycles. The van der Waals surface area contributed by atoms with Crippen LogP contribution in [0.4, 0.5) is 0 Å². The predicted octanol–water partition coefficient (Wildman–Crippen LogP) is 1.33. The Balaban J connectivity index is 1.78. The molecule has 0 saturated heterocycles. The van der Waals surface area contributed by atoms with Crippen LogP contribution in [0.25, 0.3) is 0 Å². The van der Waals surface area contributed by atoms with E-state index in [1.807, 2.05) is 0 Å². The molecule has 0 aliphatic heterocycles. The maximum absolute atomic E-state index is 10.1. The molecule has 1 aliphatic carbocycles. The molecule has 1 aromatic heterocycles. The number of methoxy groups -OCH3 is 2. The first kappa shape index (κ1) is 16.7. The molecular weight excluding hydrogens is 292 g/mol. The number of aliphatic hydroxyl groups is 1. The van der Waals surface area contributed by atoms with Crippen LogP contribution in [0.5, 0.6) is 0 Å². The first-order valence-electron chi connectivity index (χ1n) is 7.35. The van der Waals surface area contributed by atoms with E-state index in [2.05, 4.69) is 15.5 Å². The summed E-state index contributed by atoms with van der Waals surface area (Å²) in [7, 11) is 3.16. The molecule has 0 aromatic carbocycles. The van der Waals surface area contributed by atoms with Gasteiger partial charge in [-0.3, -0.25) is 0 Å². The summed E-state index contributed by atoms with van der Waals surface area (Å²) in [4.78, 5) is 0. The third kappa shape index (κ3) is 5.21. The average molecular weight is 316 g/mol. The van der Waals surface area contributed by atoms with Crippen LogP contribution in [-0.2, 0) is 16.0 Å². The standard InChI is InChI=1S/C13H24N4O3S/c1-19-12(20-2)8-17-13(14-15-16-17)21-9-11(18)7-10-5-3-4-6-10/h10-12,18H,3-9H2,1-2H3. The zero-order valence-electron chi connectivity index (χ0n) is 12.6. The summed E-state index contributed by atoms with van der Waals surface area (Å²) in [6.45, 7) is 0.432. The number of rotatable bonds is 9. The molecule has 1 atom stereocenters. The summed E-state index contributed by atoms with van der Waals surface area (Å²) < 4.78 is 11.9. The summed E-state index contributed by atoms with van der Waals surface area (Å²) in [5.41, 5.74) is 0. The molecule has 8 heteroatoms. The van der Waals surface area contributed by atoms with Crippen molar-refractivity contribution in [2.24, 2.45) is 5.92 Å². The highest BCUT2D eigenvalue weighted by atomic mass is 32.2. The summed E-state index contributed by atoms with van der Waals surface area (Å²) in [5.74, 6) is 1.30. The van der Waals surface area contributed by atoms with E-state index in [4.69, 9.17) is 9.47 Å². The minimum Gasteiger partial charge on any atom is -0.392 e. The molecule has 120 valence electrons. The molecule has 1 aliphatic rings. The highest BCUT2D eigenvalue weighted by Gasteiger charge is 2.20. The van der Waals surface area contributed by atoms with E-state index in [0.717, 1.165) is 6.42 Å². The van der Waals surface area contributed by atoms with Crippen LogP contribution < -0.4 is 0 Å². The molecular formula is C13H24N4O3S. The van der Waals surface area contributed by atoms with Gasteiger partial charge in [0, 0.05) is 20.0 Å². The Bertz CT molecular complexity index is 408. The third-order valence-corrected chi connectivity index (χ3v) is 4.93. The largest absolute Gasteiger partial charge is 0.392 e. The predicted molar refractivity (Wildman–Crippen MR) is 78.9 cm³/mol. The number of hydrogen-bond acceptors (Lipinski definition) is 7. The molecule has 0 radical (unpaired) electrons.